The van der Waals surface area contributed by atoms with Crippen molar-refractivity contribution in [2.24, 2.45) is 5.73 Å². The van der Waals surface area contributed by atoms with E-state index in [4.69, 9.17) is 15.2 Å². The van der Waals surface area contributed by atoms with E-state index in [0.29, 0.717) is 5.75 Å². The topological polar surface area (TPSA) is 64.7 Å². The van der Waals surface area contributed by atoms with Crippen LogP contribution in [0.5, 0.6) is 5.75 Å². The average molecular weight is 223 g/mol. The Labute approximate surface area is 95.0 Å². The van der Waals surface area contributed by atoms with E-state index in [1.807, 2.05) is 24.3 Å². The Bertz CT molecular complexity index is 402. The third kappa shape index (κ3) is 1.34. The van der Waals surface area contributed by atoms with Gasteiger partial charge in [-0.3, -0.25) is 0 Å². The van der Waals surface area contributed by atoms with Gasteiger partial charge in [-0.1, -0.05) is 18.2 Å². The van der Waals surface area contributed by atoms with Crippen LogP contribution in [-0.2, 0) is 4.74 Å². The molecule has 3 N–H and O–H groups in total. The van der Waals surface area contributed by atoms with E-state index < -0.39 is 17.4 Å². The molecule has 0 aromatic heterocycles. The second-order valence-electron chi connectivity index (χ2n) is 4.41. The molecule has 1 aromatic rings. The number of hydrogen-bond donors (Lipinski definition) is 2. The van der Waals surface area contributed by atoms with Gasteiger partial charge in [0, 0.05) is 19.6 Å². The van der Waals surface area contributed by atoms with Crippen LogP contribution in [0.1, 0.15) is 25.5 Å². The Morgan fingerprint density at radius 1 is 1.38 bits per heavy atom. The molecule has 16 heavy (non-hydrogen) atoms. The van der Waals surface area contributed by atoms with Crippen LogP contribution in [-0.4, -0.2) is 23.6 Å². The van der Waals surface area contributed by atoms with E-state index in [-0.39, 0.29) is 0 Å². The van der Waals surface area contributed by atoms with Crippen molar-refractivity contribution in [2.75, 3.05) is 7.11 Å². The standard InChI is InChI=1S/C12H17NO3/c1-11(14)10(13)8-6-4-5-7-9(8)16-12(11,2)15-3/h4-7,10,14H,13H2,1-3H3/t10-,11+,12-/m1/s1. The minimum absolute atomic E-state index is 0.539. The highest BCUT2D eigenvalue weighted by Crippen LogP contribution is 2.45. The first-order chi connectivity index (χ1) is 7.42. The predicted octanol–water partition coefficient (Wildman–Crippen LogP) is 1.19. The van der Waals surface area contributed by atoms with Gasteiger partial charge in [0.2, 0.25) is 5.79 Å². The normalized spacial score (nSPS) is 37.7. The monoisotopic (exact) mass is 223 g/mol. The van der Waals surface area contributed by atoms with Crippen molar-refractivity contribution in [3.05, 3.63) is 29.8 Å². The molecule has 0 saturated heterocycles. The Kier molecular flexibility index (Phi) is 2.45. The number of nitrogens with two attached hydrogens (primary N) is 1. The van der Waals surface area contributed by atoms with Crippen LogP contribution in [0.3, 0.4) is 0 Å². The second-order valence-corrected chi connectivity index (χ2v) is 4.41. The van der Waals surface area contributed by atoms with Gasteiger partial charge in [0.1, 0.15) is 11.4 Å². The highest BCUT2D eigenvalue weighted by atomic mass is 16.7. The fourth-order valence-electron chi connectivity index (χ4n) is 1.98. The van der Waals surface area contributed by atoms with Crippen LogP contribution in [0.2, 0.25) is 0 Å². The van der Waals surface area contributed by atoms with E-state index in [2.05, 4.69) is 0 Å². The summed E-state index contributed by atoms with van der Waals surface area (Å²) in [5.74, 6) is -0.480. The van der Waals surface area contributed by atoms with Crippen LogP contribution in [0, 0.1) is 0 Å². The smallest absolute Gasteiger partial charge is 0.238 e. The van der Waals surface area contributed by atoms with Gasteiger partial charge in [-0.05, 0) is 13.0 Å². The van der Waals surface area contributed by atoms with E-state index in [9.17, 15) is 5.11 Å². The van der Waals surface area contributed by atoms with E-state index in [1.165, 1.54) is 7.11 Å². The summed E-state index contributed by atoms with van der Waals surface area (Å²) in [6.45, 7) is 3.31. The van der Waals surface area contributed by atoms with Crippen molar-refractivity contribution in [1.82, 2.24) is 0 Å². The number of fused-ring (bicyclic) bond motifs is 1. The summed E-state index contributed by atoms with van der Waals surface area (Å²) in [5, 5.41) is 10.4. The maximum Gasteiger partial charge on any atom is 0.238 e. The van der Waals surface area contributed by atoms with Crippen molar-refractivity contribution in [2.45, 2.75) is 31.3 Å². The molecule has 0 saturated carbocycles. The number of benzene rings is 1. The van der Waals surface area contributed by atoms with Crippen molar-refractivity contribution >= 4 is 0 Å². The molecule has 0 aliphatic carbocycles. The molecule has 0 bridgehead atoms. The molecule has 1 aliphatic heterocycles. The summed E-state index contributed by atoms with van der Waals surface area (Å²) < 4.78 is 11.0. The van der Waals surface area contributed by atoms with Crippen molar-refractivity contribution < 1.29 is 14.6 Å². The fraction of sp³-hybridized carbons (Fsp3) is 0.500. The van der Waals surface area contributed by atoms with Gasteiger partial charge in [0.15, 0.2) is 0 Å². The lowest BCUT2D eigenvalue weighted by atomic mass is 9.81. The zero-order chi connectivity index (χ0) is 12.0. The van der Waals surface area contributed by atoms with Crippen LogP contribution in [0.25, 0.3) is 0 Å². The molecule has 1 aliphatic rings. The first-order valence-corrected chi connectivity index (χ1v) is 5.23. The third-order valence-electron chi connectivity index (χ3n) is 3.47. The van der Waals surface area contributed by atoms with Gasteiger partial charge in [-0.15, -0.1) is 0 Å². The Morgan fingerprint density at radius 3 is 2.62 bits per heavy atom. The van der Waals surface area contributed by atoms with E-state index >= 15 is 0 Å². The molecule has 1 aromatic carbocycles. The molecule has 2 rings (SSSR count). The highest BCUT2D eigenvalue weighted by Gasteiger charge is 2.54. The fourth-order valence-corrected chi connectivity index (χ4v) is 1.98. The van der Waals surface area contributed by atoms with Crippen LogP contribution in [0.4, 0.5) is 0 Å². The molecule has 0 radical (unpaired) electrons. The number of aliphatic hydroxyl groups is 1. The van der Waals surface area contributed by atoms with Crippen molar-refractivity contribution in [3.63, 3.8) is 0 Å². The van der Waals surface area contributed by atoms with Crippen LogP contribution < -0.4 is 10.5 Å². The molecule has 0 spiro atoms. The lowest BCUT2D eigenvalue weighted by Gasteiger charge is -2.48. The highest BCUT2D eigenvalue weighted by molar-refractivity contribution is 5.40. The number of hydrogen-bond acceptors (Lipinski definition) is 4. The molecule has 4 nitrogen and oxygen atoms in total. The molecule has 3 atom stereocenters. The molecule has 0 fully saturated rings. The first-order valence-electron chi connectivity index (χ1n) is 5.23. The van der Waals surface area contributed by atoms with Gasteiger partial charge < -0.3 is 20.3 Å². The number of methoxy groups -OCH3 is 1. The van der Waals surface area contributed by atoms with Gasteiger partial charge in [0.05, 0.1) is 6.04 Å². The molecule has 0 unspecified atom stereocenters. The first kappa shape index (κ1) is 11.4. The second kappa shape index (κ2) is 3.45. The number of para-hydroxylation sites is 1. The molecular formula is C12H17NO3. The van der Waals surface area contributed by atoms with Gasteiger partial charge in [-0.2, -0.15) is 0 Å². The average Bonchev–Trinajstić information content (AvgIpc) is 2.27. The maximum atomic E-state index is 10.4. The molecule has 0 amide bonds. The van der Waals surface area contributed by atoms with E-state index in [0.717, 1.165) is 5.56 Å². The Balaban J connectivity index is 2.55. The van der Waals surface area contributed by atoms with Gasteiger partial charge in [0.25, 0.3) is 0 Å². The lowest BCUT2D eigenvalue weighted by molar-refractivity contribution is -0.271. The van der Waals surface area contributed by atoms with Crippen molar-refractivity contribution in [1.29, 1.82) is 0 Å². The lowest BCUT2D eigenvalue weighted by Crippen LogP contribution is -2.63. The van der Waals surface area contributed by atoms with Crippen LogP contribution >= 0.6 is 0 Å². The zero-order valence-corrected chi connectivity index (χ0v) is 9.73. The summed E-state index contributed by atoms with van der Waals surface area (Å²) in [4.78, 5) is 0. The quantitative estimate of drug-likeness (QED) is 0.750. The van der Waals surface area contributed by atoms with Crippen molar-refractivity contribution in [3.8, 4) is 5.75 Å². The molecular weight excluding hydrogens is 206 g/mol. The maximum absolute atomic E-state index is 10.4. The zero-order valence-electron chi connectivity index (χ0n) is 9.73. The third-order valence-corrected chi connectivity index (χ3v) is 3.47. The predicted molar refractivity (Wildman–Crippen MR) is 60.0 cm³/mol. The van der Waals surface area contributed by atoms with Gasteiger partial charge >= 0.3 is 0 Å². The minimum atomic E-state index is -1.28. The number of ether oxygens (including phenoxy) is 2. The summed E-state index contributed by atoms with van der Waals surface area (Å²) in [6.07, 6.45) is 0. The minimum Gasteiger partial charge on any atom is -0.459 e. The summed E-state index contributed by atoms with van der Waals surface area (Å²) >= 11 is 0. The summed E-state index contributed by atoms with van der Waals surface area (Å²) in [6, 6.07) is 6.86. The van der Waals surface area contributed by atoms with Crippen LogP contribution in [0.15, 0.2) is 24.3 Å². The Morgan fingerprint density at radius 2 is 2.00 bits per heavy atom. The largest absolute Gasteiger partial charge is 0.459 e. The van der Waals surface area contributed by atoms with E-state index in [1.54, 1.807) is 13.8 Å². The molecule has 4 heteroatoms. The Hall–Kier alpha value is -1.10. The SMILES string of the molecule is CO[C@]1(C)Oc2ccccc2[C@@H](N)[C@]1(C)O. The molecule has 88 valence electrons. The molecule has 1 heterocycles. The number of rotatable bonds is 1. The summed E-state index contributed by atoms with van der Waals surface area (Å²) in [7, 11) is 1.50. The summed E-state index contributed by atoms with van der Waals surface area (Å²) in [5.41, 5.74) is 5.58. The van der Waals surface area contributed by atoms with Gasteiger partial charge in [-0.25, -0.2) is 0 Å².